The molecule has 0 unspecified atom stereocenters. The van der Waals surface area contributed by atoms with Crippen molar-refractivity contribution in [1.29, 1.82) is 0 Å². The summed E-state index contributed by atoms with van der Waals surface area (Å²) in [6.45, 7) is 0. The minimum Gasteiger partial charge on any atom is -0.493 e. The maximum Gasteiger partial charge on any atom is 0.179 e. The first-order chi connectivity index (χ1) is 6.72. The number of benzene rings is 1. The fraction of sp³-hybridized carbons (Fsp3) is 0.200. The predicted molar refractivity (Wildman–Crippen MR) is 59.4 cm³/mol. The number of halogens is 2. The van der Waals surface area contributed by atoms with E-state index in [0.717, 1.165) is 5.56 Å². The molecule has 1 rings (SSSR count). The van der Waals surface area contributed by atoms with Gasteiger partial charge in [0.25, 0.3) is 0 Å². The van der Waals surface area contributed by atoms with Crippen LogP contribution in [0.4, 0.5) is 0 Å². The summed E-state index contributed by atoms with van der Waals surface area (Å²) < 4.78 is 10.2. The van der Waals surface area contributed by atoms with Crippen molar-refractivity contribution in [1.82, 2.24) is 0 Å². The first kappa shape index (κ1) is 11.2. The van der Waals surface area contributed by atoms with Gasteiger partial charge in [-0.05, 0) is 23.8 Å². The van der Waals surface area contributed by atoms with E-state index in [0.29, 0.717) is 16.5 Å². The smallest absolute Gasteiger partial charge is 0.179 e. The molecule has 0 saturated heterocycles. The topological polar surface area (TPSA) is 18.5 Å². The normalized spacial score (nSPS) is 10.6. The maximum atomic E-state index is 5.97. The lowest BCUT2D eigenvalue weighted by Crippen LogP contribution is -1.91. The monoisotopic (exact) mass is 232 g/mol. The van der Waals surface area contributed by atoms with Crippen LogP contribution >= 0.6 is 23.2 Å². The van der Waals surface area contributed by atoms with Crippen LogP contribution in [0.2, 0.25) is 5.02 Å². The second-order valence-corrected chi connectivity index (χ2v) is 3.19. The summed E-state index contributed by atoms with van der Waals surface area (Å²) in [4.78, 5) is 0. The van der Waals surface area contributed by atoms with Crippen molar-refractivity contribution in [2.24, 2.45) is 0 Å². The highest BCUT2D eigenvalue weighted by Gasteiger charge is 2.09. The molecule has 0 aliphatic carbocycles. The quantitative estimate of drug-likeness (QED) is 0.794. The molecule has 0 bridgehead atoms. The summed E-state index contributed by atoms with van der Waals surface area (Å²) in [5, 5.41) is 0.497. The largest absolute Gasteiger partial charge is 0.493 e. The summed E-state index contributed by atoms with van der Waals surface area (Å²) in [5.74, 6) is 1.12. The highest BCUT2D eigenvalue weighted by Crippen LogP contribution is 2.36. The zero-order chi connectivity index (χ0) is 10.6. The molecule has 76 valence electrons. The fourth-order valence-electron chi connectivity index (χ4n) is 1.11. The number of hydrogen-bond donors (Lipinski definition) is 0. The lowest BCUT2D eigenvalue weighted by atomic mass is 10.2. The van der Waals surface area contributed by atoms with Crippen LogP contribution < -0.4 is 9.47 Å². The third-order valence-corrected chi connectivity index (χ3v) is 2.12. The Morgan fingerprint density at radius 2 is 1.93 bits per heavy atom. The van der Waals surface area contributed by atoms with Gasteiger partial charge < -0.3 is 9.47 Å². The highest BCUT2D eigenvalue weighted by atomic mass is 35.5. The molecular weight excluding hydrogens is 223 g/mol. The van der Waals surface area contributed by atoms with E-state index in [1.54, 1.807) is 32.4 Å². The summed E-state index contributed by atoms with van der Waals surface area (Å²) in [7, 11) is 3.10. The van der Waals surface area contributed by atoms with Gasteiger partial charge in [0.05, 0.1) is 19.2 Å². The molecule has 0 atom stereocenters. The van der Waals surface area contributed by atoms with E-state index in [4.69, 9.17) is 32.7 Å². The van der Waals surface area contributed by atoms with Gasteiger partial charge in [-0.25, -0.2) is 0 Å². The molecule has 0 radical (unpaired) electrons. The Kier molecular flexibility index (Phi) is 4.11. The second-order valence-electron chi connectivity index (χ2n) is 2.53. The molecule has 0 aromatic heterocycles. The molecule has 14 heavy (non-hydrogen) atoms. The number of ether oxygens (including phenoxy) is 2. The van der Waals surface area contributed by atoms with Crippen LogP contribution in [-0.4, -0.2) is 14.2 Å². The van der Waals surface area contributed by atoms with Crippen molar-refractivity contribution in [3.05, 3.63) is 28.3 Å². The lowest BCUT2D eigenvalue weighted by molar-refractivity contribution is 0.355. The van der Waals surface area contributed by atoms with Crippen LogP contribution in [0.1, 0.15) is 5.56 Å². The molecular formula is C10H10Cl2O2. The average molecular weight is 233 g/mol. The average Bonchev–Trinajstić information content (AvgIpc) is 2.17. The Labute approximate surface area is 93.0 Å². The third kappa shape index (κ3) is 2.34. The third-order valence-electron chi connectivity index (χ3n) is 1.71. The molecule has 1 aromatic rings. The highest BCUT2D eigenvalue weighted by molar-refractivity contribution is 6.32. The molecule has 2 nitrogen and oxygen atoms in total. The van der Waals surface area contributed by atoms with Gasteiger partial charge in [-0.15, -0.1) is 0 Å². The Hall–Kier alpha value is -0.860. The second kappa shape index (κ2) is 5.13. The minimum atomic E-state index is 0.497. The van der Waals surface area contributed by atoms with Crippen LogP contribution in [0.25, 0.3) is 6.08 Å². The summed E-state index contributed by atoms with van der Waals surface area (Å²) in [6, 6.07) is 3.55. The summed E-state index contributed by atoms with van der Waals surface area (Å²) in [5.41, 5.74) is 2.28. The number of methoxy groups -OCH3 is 2. The molecule has 0 saturated carbocycles. The van der Waals surface area contributed by atoms with Gasteiger partial charge in [0, 0.05) is 5.54 Å². The van der Waals surface area contributed by atoms with E-state index in [1.807, 2.05) is 0 Å². The SMILES string of the molecule is COc1cc(/C=C/Cl)cc(Cl)c1OC. The van der Waals surface area contributed by atoms with E-state index >= 15 is 0 Å². The molecule has 0 aliphatic heterocycles. The first-order valence-electron chi connectivity index (χ1n) is 3.91. The summed E-state index contributed by atoms with van der Waals surface area (Å²) in [6.07, 6.45) is 1.72. The standard InChI is InChI=1S/C10H10Cl2O2/c1-13-9-6-7(3-4-11)5-8(12)10(9)14-2/h3-6H,1-2H3/b4-3+. The van der Waals surface area contributed by atoms with Crippen LogP contribution in [-0.2, 0) is 0 Å². The van der Waals surface area contributed by atoms with E-state index < -0.39 is 0 Å². The molecule has 4 heteroatoms. The fourth-order valence-corrected chi connectivity index (χ4v) is 1.55. The van der Waals surface area contributed by atoms with Gasteiger partial charge in [-0.2, -0.15) is 0 Å². The van der Waals surface area contributed by atoms with Crippen LogP contribution in [0, 0.1) is 0 Å². The molecule has 0 heterocycles. The minimum absolute atomic E-state index is 0.497. The zero-order valence-corrected chi connectivity index (χ0v) is 9.39. The molecule has 0 fully saturated rings. The van der Waals surface area contributed by atoms with Crippen LogP contribution in [0.15, 0.2) is 17.7 Å². The molecule has 1 aromatic carbocycles. The van der Waals surface area contributed by atoms with Gasteiger partial charge >= 0.3 is 0 Å². The Morgan fingerprint density at radius 3 is 2.43 bits per heavy atom. The van der Waals surface area contributed by atoms with E-state index in [-0.39, 0.29) is 0 Å². The van der Waals surface area contributed by atoms with Gasteiger partial charge in [0.15, 0.2) is 11.5 Å². The van der Waals surface area contributed by atoms with Gasteiger partial charge in [0.1, 0.15) is 0 Å². The number of rotatable bonds is 3. The predicted octanol–water partition coefficient (Wildman–Crippen LogP) is 3.57. The maximum absolute atomic E-state index is 5.97. The van der Waals surface area contributed by atoms with Crippen molar-refractivity contribution >= 4 is 29.3 Å². The number of hydrogen-bond acceptors (Lipinski definition) is 2. The van der Waals surface area contributed by atoms with Gasteiger partial charge in [-0.1, -0.05) is 23.2 Å². The van der Waals surface area contributed by atoms with Gasteiger partial charge in [0.2, 0.25) is 0 Å². The Bertz CT molecular complexity index is 348. The Morgan fingerprint density at radius 1 is 1.21 bits per heavy atom. The van der Waals surface area contributed by atoms with Crippen LogP contribution in [0.3, 0.4) is 0 Å². The van der Waals surface area contributed by atoms with E-state index in [9.17, 15) is 0 Å². The van der Waals surface area contributed by atoms with Crippen LogP contribution in [0.5, 0.6) is 11.5 Å². The molecule has 0 N–H and O–H groups in total. The van der Waals surface area contributed by atoms with E-state index in [2.05, 4.69) is 0 Å². The Balaban J connectivity index is 3.23. The summed E-state index contributed by atoms with van der Waals surface area (Å²) >= 11 is 11.4. The van der Waals surface area contributed by atoms with Crippen molar-refractivity contribution in [3.63, 3.8) is 0 Å². The molecule has 0 amide bonds. The van der Waals surface area contributed by atoms with Gasteiger partial charge in [-0.3, -0.25) is 0 Å². The first-order valence-corrected chi connectivity index (χ1v) is 4.72. The molecule has 0 aliphatic rings. The van der Waals surface area contributed by atoms with Crippen molar-refractivity contribution < 1.29 is 9.47 Å². The van der Waals surface area contributed by atoms with Crippen molar-refractivity contribution in [2.45, 2.75) is 0 Å². The molecule has 0 spiro atoms. The zero-order valence-electron chi connectivity index (χ0n) is 7.88. The lowest BCUT2D eigenvalue weighted by Gasteiger charge is -2.09. The van der Waals surface area contributed by atoms with Crippen molar-refractivity contribution in [2.75, 3.05) is 14.2 Å². The van der Waals surface area contributed by atoms with E-state index in [1.165, 1.54) is 5.54 Å². The van der Waals surface area contributed by atoms with Crippen molar-refractivity contribution in [3.8, 4) is 11.5 Å².